The van der Waals surface area contributed by atoms with Crippen LogP contribution >= 0.6 is 0 Å². The average molecular weight is 258 g/mol. The van der Waals surface area contributed by atoms with Gasteiger partial charge in [0.05, 0.1) is 11.4 Å². The Morgan fingerprint density at radius 2 is 2.00 bits per heavy atom. The van der Waals surface area contributed by atoms with Gasteiger partial charge in [-0.1, -0.05) is 13.0 Å². The lowest BCUT2D eigenvalue weighted by Crippen LogP contribution is -2.15. The van der Waals surface area contributed by atoms with Crippen molar-refractivity contribution in [2.75, 3.05) is 0 Å². The molecule has 102 valence electrons. The Balaban J connectivity index is 1.84. The maximum Gasteiger partial charge on any atom is 0.0762 e. The van der Waals surface area contributed by atoms with Gasteiger partial charge < -0.3 is 5.32 Å². The van der Waals surface area contributed by atoms with Crippen LogP contribution < -0.4 is 5.32 Å². The van der Waals surface area contributed by atoms with E-state index in [1.165, 1.54) is 0 Å². The highest BCUT2D eigenvalue weighted by atomic mass is 15.3. The first-order chi connectivity index (χ1) is 9.19. The second-order valence-electron chi connectivity index (χ2n) is 4.92. The van der Waals surface area contributed by atoms with Crippen LogP contribution in [0.25, 0.3) is 0 Å². The minimum absolute atomic E-state index is 0.465. The quantitative estimate of drug-likeness (QED) is 0.866. The third-order valence-electron chi connectivity index (χ3n) is 3.26. The number of aromatic nitrogens is 3. The zero-order chi connectivity index (χ0) is 13.7. The second-order valence-corrected chi connectivity index (χ2v) is 4.92. The van der Waals surface area contributed by atoms with E-state index in [-0.39, 0.29) is 0 Å². The van der Waals surface area contributed by atoms with Crippen LogP contribution in [0.5, 0.6) is 0 Å². The molecule has 0 radical (unpaired) electrons. The van der Waals surface area contributed by atoms with Gasteiger partial charge in [0.25, 0.3) is 0 Å². The smallest absolute Gasteiger partial charge is 0.0762 e. The van der Waals surface area contributed by atoms with E-state index in [2.05, 4.69) is 41.5 Å². The maximum atomic E-state index is 4.56. The van der Waals surface area contributed by atoms with Crippen molar-refractivity contribution in [2.24, 2.45) is 0 Å². The molecule has 0 aliphatic carbocycles. The predicted octanol–water partition coefficient (Wildman–Crippen LogP) is 2.85. The molecule has 0 saturated heterocycles. The van der Waals surface area contributed by atoms with Crippen molar-refractivity contribution in [3.63, 3.8) is 0 Å². The standard InChI is InChI=1S/C15H22N4/c1-4-13(3)19-9-8-15(18-19)11-16-10-14-7-5-6-12(2)17-14/h5-9,13,16H,4,10-11H2,1-3H3. The number of rotatable bonds is 6. The lowest BCUT2D eigenvalue weighted by molar-refractivity contribution is 0.471. The Labute approximate surface area is 114 Å². The van der Waals surface area contributed by atoms with Crippen molar-refractivity contribution in [3.8, 4) is 0 Å². The van der Waals surface area contributed by atoms with Gasteiger partial charge in [-0.25, -0.2) is 0 Å². The Morgan fingerprint density at radius 1 is 1.21 bits per heavy atom. The molecule has 0 saturated carbocycles. The molecule has 4 nitrogen and oxygen atoms in total. The Morgan fingerprint density at radius 3 is 2.74 bits per heavy atom. The number of hydrogen-bond acceptors (Lipinski definition) is 3. The largest absolute Gasteiger partial charge is 0.305 e. The molecule has 2 rings (SSSR count). The number of nitrogens with one attached hydrogen (secondary N) is 1. The molecule has 0 amide bonds. The summed E-state index contributed by atoms with van der Waals surface area (Å²) in [6.07, 6.45) is 3.15. The summed E-state index contributed by atoms with van der Waals surface area (Å²) in [6.45, 7) is 7.92. The van der Waals surface area contributed by atoms with Gasteiger partial charge in [-0.15, -0.1) is 0 Å². The molecule has 0 aliphatic heterocycles. The molecule has 4 heteroatoms. The number of pyridine rings is 1. The molecule has 1 atom stereocenters. The Kier molecular flexibility index (Phi) is 4.68. The summed E-state index contributed by atoms with van der Waals surface area (Å²) in [5.41, 5.74) is 3.20. The highest BCUT2D eigenvalue weighted by Gasteiger charge is 2.04. The molecule has 2 aromatic rings. The zero-order valence-corrected chi connectivity index (χ0v) is 11.9. The zero-order valence-electron chi connectivity index (χ0n) is 11.9. The monoisotopic (exact) mass is 258 g/mol. The van der Waals surface area contributed by atoms with Crippen LogP contribution in [0.2, 0.25) is 0 Å². The number of nitrogens with zero attached hydrogens (tertiary/aromatic N) is 3. The summed E-state index contributed by atoms with van der Waals surface area (Å²) < 4.78 is 2.03. The van der Waals surface area contributed by atoms with E-state index in [4.69, 9.17) is 0 Å². The van der Waals surface area contributed by atoms with Gasteiger partial charge in [0.1, 0.15) is 0 Å². The van der Waals surface area contributed by atoms with Gasteiger partial charge in [0.15, 0.2) is 0 Å². The van der Waals surface area contributed by atoms with Crippen molar-refractivity contribution >= 4 is 0 Å². The predicted molar refractivity (Wildman–Crippen MR) is 76.7 cm³/mol. The first-order valence-corrected chi connectivity index (χ1v) is 6.86. The molecule has 19 heavy (non-hydrogen) atoms. The molecule has 0 fully saturated rings. The fraction of sp³-hybridized carbons (Fsp3) is 0.467. The minimum Gasteiger partial charge on any atom is -0.305 e. The molecule has 0 aromatic carbocycles. The minimum atomic E-state index is 0.465. The first-order valence-electron chi connectivity index (χ1n) is 6.86. The highest BCUT2D eigenvalue weighted by molar-refractivity contribution is 5.10. The summed E-state index contributed by atoms with van der Waals surface area (Å²) in [5.74, 6) is 0. The molecular weight excluding hydrogens is 236 g/mol. The van der Waals surface area contributed by atoms with Crippen LogP contribution in [0.15, 0.2) is 30.5 Å². The van der Waals surface area contributed by atoms with E-state index in [1.54, 1.807) is 0 Å². The normalized spacial score (nSPS) is 12.6. The molecule has 2 aromatic heterocycles. The molecule has 1 N–H and O–H groups in total. The van der Waals surface area contributed by atoms with E-state index in [1.807, 2.05) is 29.8 Å². The van der Waals surface area contributed by atoms with Gasteiger partial charge in [-0.2, -0.15) is 5.10 Å². The first kappa shape index (κ1) is 13.7. The van der Waals surface area contributed by atoms with Crippen molar-refractivity contribution < 1.29 is 0 Å². The average Bonchev–Trinajstić information content (AvgIpc) is 2.87. The van der Waals surface area contributed by atoms with E-state index >= 15 is 0 Å². The molecule has 1 unspecified atom stereocenters. The van der Waals surface area contributed by atoms with Crippen LogP contribution in [0, 0.1) is 6.92 Å². The molecule has 0 bridgehead atoms. The lowest BCUT2D eigenvalue weighted by Gasteiger charge is -2.08. The third-order valence-corrected chi connectivity index (χ3v) is 3.26. The maximum absolute atomic E-state index is 4.56. The lowest BCUT2D eigenvalue weighted by atomic mass is 10.3. The van der Waals surface area contributed by atoms with Crippen LogP contribution in [0.1, 0.15) is 43.4 Å². The van der Waals surface area contributed by atoms with Crippen molar-refractivity contribution in [1.29, 1.82) is 0 Å². The van der Waals surface area contributed by atoms with Gasteiger partial charge in [0.2, 0.25) is 0 Å². The Hall–Kier alpha value is -1.68. The molecule has 2 heterocycles. The van der Waals surface area contributed by atoms with Crippen molar-refractivity contribution in [1.82, 2.24) is 20.1 Å². The molecule has 0 aliphatic rings. The van der Waals surface area contributed by atoms with Gasteiger partial charge in [-0.3, -0.25) is 9.67 Å². The topological polar surface area (TPSA) is 42.7 Å². The summed E-state index contributed by atoms with van der Waals surface area (Å²) >= 11 is 0. The van der Waals surface area contributed by atoms with E-state index in [9.17, 15) is 0 Å². The SMILES string of the molecule is CCC(C)n1ccc(CNCc2cccc(C)n2)n1. The van der Waals surface area contributed by atoms with E-state index in [0.29, 0.717) is 6.04 Å². The van der Waals surface area contributed by atoms with Gasteiger partial charge in [-0.05, 0) is 38.5 Å². The van der Waals surface area contributed by atoms with Crippen molar-refractivity contribution in [3.05, 3.63) is 47.5 Å². The number of aryl methyl sites for hydroxylation is 1. The van der Waals surface area contributed by atoms with Crippen LogP contribution in [0.3, 0.4) is 0 Å². The highest BCUT2D eigenvalue weighted by Crippen LogP contribution is 2.09. The molecular formula is C15H22N4. The fourth-order valence-electron chi connectivity index (χ4n) is 1.92. The van der Waals surface area contributed by atoms with E-state index in [0.717, 1.165) is 36.6 Å². The Bertz CT molecular complexity index is 518. The second kappa shape index (κ2) is 6.48. The summed E-state index contributed by atoms with van der Waals surface area (Å²) in [5, 5.41) is 7.94. The summed E-state index contributed by atoms with van der Waals surface area (Å²) in [4.78, 5) is 4.46. The van der Waals surface area contributed by atoms with Gasteiger partial charge in [0, 0.05) is 31.0 Å². The van der Waals surface area contributed by atoms with Crippen LogP contribution in [-0.4, -0.2) is 14.8 Å². The summed E-state index contributed by atoms with van der Waals surface area (Å²) in [6, 6.07) is 8.63. The van der Waals surface area contributed by atoms with Crippen LogP contribution in [0.4, 0.5) is 0 Å². The third kappa shape index (κ3) is 3.89. The fourth-order valence-corrected chi connectivity index (χ4v) is 1.92. The number of hydrogen-bond donors (Lipinski definition) is 1. The molecule has 0 spiro atoms. The van der Waals surface area contributed by atoms with Crippen molar-refractivity contribution in [2.45, 2.75) is 46.3 Å². The van der Waals surface area contributed by atoms with E-state index < -0.39 is 0 Å². The van der Waals surface area contributed by atoms with Gasteiger partial charge >= 0.3 is 0 Å². The van der Waals surface area contributed by atoms with Crippen LogP contribution in [-0.2, 0) is 13.1 Å². The summed E-state index contributed by atoms with van der Waals surface area (Å²) in [7, 11) is 0.